The lowest BCUT2D eigenvalue weighted by atomic mass is 9.70. The predicted molar refractivity (Wildman–Crippen MR) is 76.1 cm³/mol. The monoisotopic (exact) mass is 245 g/mol. The largest absolute Gasteiger partial charge is 0.198 e. The summed E-state index contributed by atoms with van der Waals surface area (Å²) in [7, 11) is 0. The number of rotatable bonds is 3. The van der Waals surface area contributed by atoms with E-state index in [-0.39, 0.29) is 5.41 Å². The van der Waals surface area contributed by atoms with E-state index in [1.165, 1.54) is 56.9 Å². The summed E-state index contributed by atoms with van der Waals surface area (Å²) in [4.78, 5) is 0. The van der Waals surface area contributed by atoms with Crippen molar-refractivity contribution in [3.05, 3.63) is 12.2 Å². The topological polar surface area (TPSA) is 23.8 Å². The molecule has 0 amide bonds. The highest BCUT2D eigenvalue weighted by Gasteiger charge is 2.37. The van der Waals surface area contributed by atoms with Gasteiger partial charge in [0.05, 0.1) is 11.5 Å². The van der Waals surface area contributed by atoms with Crippen LogP contribution in [0.25, 0.3) is 0 Å². The third-order valence-electron chi connectivity index (χ3n) is 5.51. The summed E-state index contributed by atoms with van der Waals surface area (Å²) in [6, 6.07) is 2.64. The van der Waals surface area contributed by atoms with Crippen LogP contribution in [0, 0.1) is 22.2 Å². The van der Waals surface area contributed by atoms with E-state index in [9.17, 15) is 5.26 Å². The van der Waals surface area contributed by atoms with Crippen LogP contribution in [0.4, 0.5) is 0 Å². The molecule has 0 aliphatic heterocycles. The van der Waals surface area contributed by atoms with Crippen molar-refractivity contribution < 1.29 is 0 Å². The van der Waals surface area contributed by atoms with Crippen LogP contribution in [0.3, 0.4) is 0 Å². The molecule has 0 bridgehead atoms. The molecule has 0 saturated heterocycles. The molecule has 100 valence electrons. The lowest BCUT2D eigenvalue weighted by Crippen LogP contribution is -2.23. The van der Waals surface area contributed by atoms with Crippen molar-refractivity contribution in [3.8, 4) is 6.07 Å². The molecule has 2 aliphatic rings. The molecule has 0 N–H and O–H groups in total. The second kappa shape index (κ2) is 5.47. The van der Waals surface area contributed by atoms with Gasteiger partial charge in [-0.2, -0.15) is 5.26 Å². The lowest BCUT2D eigenvalue weighted by Gasteiger charge is -2.33. The summed E-state index contributed by atoms with van der Waals surface area (Å²) in [6.45, 7) is 6.73. The maximum absolute atomic E-state index is 9.48. The van der Waals surface area contributed by atoms with Gasteiger partial charge in [-0.3, -0.25) is 0 Å². The Morgan fingerprint density at radius 3 is 2.39 bits per heavy atom. The van der Waals surface area contributed by atoms with E-state index in [1.807, 2.05) is 0 Å². The van der Waals surface area contributed by atoms with E-state index in [1.54, 1.807) is 0 Å². The highest BCUT2D eigenvalue weighted by atomic mass is 14.4. The van der Waals surface area contributed by atoms with Gasteiger partial charge in [0.1, 0.15) is 0 Å². The Labute approximate surface area is 112 Å². The Morgan fingerprint density at radius 2 is 1.72 bits per heavy atom. The maximum Gasteiger partial charge on any atom is 0.0689 e. The normalized spacial score (nSPS) is 31.9. The average Bonchev–Trinajstić information content (AvgIpc) is 2.79. The molecule has 0 aromatic carbocycles. The zero-order chi connectivity index (χ0) is 13.1. The van der Waals surface area contributed by atoms with Crippen LogP contribution in [0.2, 0.25) is 0 Å². The third kappa shape index (κ3) is 2.79. The van der Waals surface area contributed by atoms with Crippen molar-refractivity contribution in [2.24, 2.45) is 10.8 Å². The zero-order valence-corrected chi connectivity index (χ0v) is 11.9. The van der Waals surface area contributed by atoms with Gasteiger partial charge in [-0.1, -0.05) is 44.8 Å². The number of allylic oxidation sites excluding steroid dienone is 1. The molecule has 2 saturated carbocycles. The maximum atomic E-state index is 9.48. The fourth-order valence-corrected chi connectivity index (χ4v) is 3.80. The molecular formula is C17H27N. The molecule has 2 aliphatic carbocycles. The molecule has 1 unspecified atom stereocenters. The summed E-state index contributed by atoms with van der Waals surface area (Å²) in [5.74, 6) is 0. The van der Waals surface area contributed by atoms with Gasteiger partial charge < -0.3 is 0 Å². The van der Waals surface area contributed by atoms with E-state index in [0.717, 1.165) is 19.3 Å². The first-order valence-electron chi connectivity index (χ1n) is 7.70. The standard InChI is InChI=1S/C17H27N/c1-15-8-4-3-5-9-16(15,2)12-13-17(14-18)10-6-7-11-17/h1,3-13H2,2H3. The molecular weight excluding hydrogens is 218 g/mol. The van der Waals surface area contributed by atoms with Crippen LogP contribution in [-0.4, -0.2) is 0 Å². The van der Waals surface area contributed by atoms with E-state index in [4.69, 9.17) is 0 Å². The Kier molecular flexibility index (Phi) is 4.15. The Morgan fingerprint density at radius 1 is 1.06 bits per heavy atom. The molecule has 18 heavy (non-hydrogen) atoms. The Hall–Kier alpha value is -0.770. The number of hydrogen-bond donors (Lipinski definition) is 0. The van der Waals surface area contributed by atoms with E-state index >= 15 is 0 Å². The first-order chi connectivity index (χ1) is 8.60. The van der Waals surface area contributed by atoms with Gasteiger partial charge in [0.25, 0.3) is 0 Å². The van der Waals surface area contributed by atoms with Gasteiger partial charge in [-0.15, -0.1) is 0 Å². The van der Waals surface area contributed by atoms with Crippen LogP contribution in [0.15, 0.2) is 12.2 Å². The smallest absolute Gasteiger partial charge is 0.0689 e. The van der Waals surface area contributed by atoms with Gasteiger partial charge in [-0.05, 0) is 50.4 Å². The number of nitrogens with zero attached hydrogens (tertiary/aromatic N) is 1. The quantitative estimate of drug-likeness (QED) is 0.484. The third-order valence-corrected chi connectivity index (χ3v) is 5.51. The van der Waals surface area contributed by atoms with Crippen molar-refractivity contribution in [3.63, 3.8) is 0 Å². The van der Waals surface area contributed by atoms with Gasteiger partial charge >= 0.3 is 0 Å². The fraction of sp³-hybridized carbons (Fsp3) is 0.824. The summed E-state index contributed by atoms with van der Waals surface area (Å²) in [5.41, 5.74) is 1.77. The second-order valence-corrected chi connectivity index (χ2v) is 6.82. The SMILES string of the molecule is C=C1CCCCCC1(C)CCC1(C#N)CCCC1. The minimum Gasteiger partial charge on any atom is -0.198 e. The van der Waals surface area contributed by atoms with Crippen molar-refractivity contribution in [1.29, 1.82) is 5.26 Å². The van der Waals surface area contributed by atoms with Gasteiger partial charge in [0.2, 0.25) is 0 Å². The second-order valence-electron chi connectivity index (χ2n) is 6.82. The highest BCUT2D eigenvalue weighted by Crippen LogP contribution is 2.48. The molecule has 1 atom stereocenters. The van der Waals surface area contributed by atoms with Crippen LogP contribution in [-0.2, 0) is 0 Å². The van der Waals surface area contributed by atoms with E-state index in [0.29, 0.717) is 5.41 Å². The molecule has 1 nitrogen and oxygen atoms in total. The molecule has 0 aromatic heterocycles. The molecule has 1 heteroatoms. The van der Waals surface area contributed by atoms with E-state index in [2.05, 4.69) is 19.6 Å². The average molecular weight is 245 g/mol. The summed E-state index contributed by atoms with van der Waals surface area (Å²) in [5, 5.41) is 9.48. The number of nitriles is 1. The lowest BCUT2D eigenvalue weighted by molar-refractivity contribution is 0.258. The van der Waals surface area contributed by atoms with Crippen LogP contribution in [0.1, 0.15) is 77.6 Å². The highest BCUT2D eigenvalue weighted by molar-refractivity contribution is 5.12. The van der Waals surface area contributed by atoms with Crippen molar-refractivity contribution in [2.45, 2.75) is 77.6 Å². The van der Waals surface area contributed by atoms with Crippen LogP contribution in [0.5, 0.6) is 0 Å². The predicted octanol–water partition coefficient (Wildman–Crippen LogP) is 5.38. The first kappa shape index (κ1) is 13.7. The van der Waals surface area contributed by atoms with Gasteiger partial charge in [0.15, 0.2) is 0 Å². The first-order valence-corrected chi connectivity index (χ1v) is 7.70. The van der Waals surface area contributed by atoms with Crippen molar-refractivity contribution in [1.82, 2.24) is 0 Å². The summed E-state index contributed by atoms with van der Waals surface area (Å²) < 4.78 is 0. The van der Waals surface area contributed by atoms with Crippen molar-refractivity contribution >= 4 is 0 Å². The molecule has 2 rings (SSSR count). The molecule has 0 aromatic rings. The van der Waals surface area contributed by atoms with Crippen LogP contribution >= 0.6 is 0 Å². The fourth-order valence-electron chi connectivity index (χ4n) is 3.80. The minimum absolute atomic E-state index is 0.00952. The summed E-state index contributed by atoms with van der Waals surface area (Å²) in [6.07, 6.45) is 13.6. The van der Waals surface area contributed by atoms with Gasteiger partial charge in [-0.25, -0.2) is 0 Å². The van der Waals surface area contributed by atoms with E-state index < -0.39 is 0 Å². The molecule has 2 fully saturated rings. The van der Waals surface area contributed by atoms with Crippen LogP contribution < -0.4 is 0 Å². The summed E-state index contributed by atoms with van der Waals surface area (Å²) >= 11 is 0. The molecule has 0 heterocycles. The Balaban J connectivity index is 1.99. The molecule has 0 radical (unpaired) electrons. The Bertz CT molecular complexity index is 343. The molecule has 0 spiro atoms. The number of hydrogen-bond acceptors (Lipinski definition) is 1. The van der Waals surface area contributed by atoms with Gasteiger partial charge in [0, 0.05) is 0 Å². The minimum atomic E-state index is 0.00952. The zero-order valence-electron chi connectivity index (χ0n) is 11.9. The van der Waals surface area contributed by atoms with Crippen molar-refractivity contribution in [2.75, 3.05) is 0 Å².